The van der Waals surface area contributed by atoms with Crippen molar-refractivity contribution in [2.75, 3.05) is 11.9 Å². The number of sulfone groups is 1. The molecule has 3 rings (SSSR count). The molecule has 1 aliphatic rings. The summed E-state index contributed by atoms with van der Waals surface area (Å²) in [4.78, 5) is 12.3. The molecule has 1 aliphatic heterocycles. The van der Waals surface area contributed by atoms with E-state index in [9.17, 15) is 22.0 Å². The van der Waals surface area contributed by atoms with Gasteiger partial charge in [-0.05, 0) is 30.5 Å². The van der Waals surface area contributed by atoms with Crippen molar-refractivity contribution in [1.29, 1.82) is 0 Å². The molecule has 27 heavy (non-hydrogen) atoms. The summed E-state index contributed by atoms with van der Waals surface area (Å²) in [5.41, 5.74) is 0.985. The average molecular weight is 399 g/mol. The number of ether oxygens (including phenoxy) is 1. The van der Waals surface area contributed by atoms with Crippen molar-refractivity contribution in [3.05, 3.63) is 47.8 Å². The molecule has 146 valence electrons. The first-order valence-electron chi connectivity index (χ1n) is 8.37. The summed E-state index contributed by atoms with van der Waals surface area (Å²) < 4.78 is 54.5. The SMILES string of the molecule is O=C(Nc1cnn(CC2CCCO2)c1)c1ccc(CS(=O)(=O)C(F)F)cc1. The molecule has 1 saturated heterocycles. The van der Waals surface area contributed by atoms with Crippen LogP contribution in [0.5, 0.6) is 0 Å². The lowest BCUT2D eigenvalue weighted by Gasteiger charge is -2.08. The second kappa shape index (κ2) is 8.13. The van der Waals surface area contributed by atoms with E-state index >= 15 is 0 Å². The first kappa shape index (κ1) is 19.4. The minimum Gasteiger partial charge on any atom is -0.376 e. The minimum atomic E-state index is -4.50. The van der Waals surface area contributed by atoms with Crippen LogP contribution in [0.4, 0.5) is 14.5 Å². The topological polar surface area (TPSA) is 90.3 Å². The predicted molar refractivity (Wildman–Crippen MR) is 94.2 cm³/mol. The van der Waals surface area contributed by atoms with E-state index in [1.54, 1.807) is 10.9 Å². The molecule has 7 nitrogen and oxygen atoms in total. The number of alkyl halides is 2. The number of rotatable bonds is 7. The van der Waals surface area contributed by atoms with Crippen molar-refractivity contribution >= 4 is 21.4 Å². The molecule has 1 unspecified atom stereocenters. The Bertz CT molecular complexity index is 891. The number of halogens is 2. The summed E-state index contributed by atoms with van der Waals surface area (Å²) in [5.74, 6) is -4.61. The Kier molecular flexibility index (Phi) is 5.85. The molecule has 10 heteroatoms. The molecule has 0 spiro atoms. The lowest BCUT2D eigenvalue weighted by Crippen LogP contribution is -2.15. The molecule has 1 aromatic carbocycles. The molecule has 0 saturated carbocycles. The van der Waals surface area contributed by atoms with Crippen LogP contribution in [0.25, 0.3) is 0 Å². The molecule has 1 atom stereocenters. The number of anilines is 1. The largest absolute Gasteiger partial charge is 0.376 e. The Hall–Kier alpha value is -2.33. The van der Waals surface area contributed by atoms with E-state index in [0.29, 0.717) is 12.2 Å². The van der Waals surface area contributed by atoms with Gasteiger partial charge in [0.2, 0.25) is 9.84 Å². The molecule has 1 aromatic heterocycles. The monoisotopic (exact) mass is 399 g/mol. The molecule has 0 bridgehead atoms. The summed E-state index contributed by atoms with van der Waals surface area (Å²) in [7, 11) is -4.50. The van der Waals surface area contributed by atoms with Crippen LogP contribution >= 0.6 is 0 Å². The third-order valence-electron chi connectivity index (χ3n) is 4.16. The third kappa shape index (κ3) is 5.10. The van der Waals surface area contributed by atoms with E-state index in [-0.39, 0.29) is 17.2 Å². The number of nitrogens with zero attached hydrogens (tertiary/aromatic N) is 2. The van der Waals surface area contributed by atoms with Crippen molar-refractivity contribution in [2.24, 2.45) is 0 Å². The van der Waals surface area contributed by atoms with Gasteiger partial charge in [0.25, 0.3) is 5.91 Å². The van der Waals surface area contributed by atoms with Crippen molar-refractivity contribution in [3.8, 4) is 0 Å². The van der Waals surface area contributed by atoms with Crippen LogP contribution in [0.15, 0.2) is 36.7 Å². The van der Waals surface area contributed by atoms with Gasteiger partial charge in [0, 0.05) is 18.4 Å². The number of benzene rings is 1. The van der Waals surface area contributed by atoms with Crippen molar-refractivity contribution in [1.82, 2.24) is 9.78 Å². The Morgan fingerprint density at radius 1 is 1.33 bits per heavy atom. The minimum absolute atomic E-state index is 0.130. The van der Waals surface area contributed by atoms with E-state index in [4.69, 9.17) is 4.74 Å². The molecule has 1 fully saturated rings. The molecule has 1 N–H and O–H groups in total. The van der Waals surface area contributed by atoms with Gasteiger partial charge in [0.1, 0.15) is 0 Å². The van der Waals surface area contributed by atoms with Crippen molar-refractivity contribution < 1.29 is 26.7 Å². The van der Waals surface area contributed by atoms with Gasteiger partial charge in [0.15, 0.2) is 0 Å². The molecule has 0 radical (unpaired) electrons. The number of hydrogen-bond donors (Lipinski definition) is 1. The maximum atomic E-state index is 12.4. The fourth-order valence-corrected chi connectivity index (χ4v) is 3.56. The zero-order chi connectivity index (χ0) is 19.4. The lowest BCUT2D eigenvalue weighted by molar-refractivity contribution is 0.0940. The molecular weight excluding hydrogens is 380 g/mol. The number of amides is 1. The maximum Gasteiger partial charge on any atom is 0.337 e. The number of carbonyl (C=O) groups is 1. The summed E-state index contributed by atoms with van der Waals surface area (Å²) in [6.07, 6.45) is 5.37. The van der Waals surface area contributed by atoms with E-state index in [2.05, 4.69) is 10.4 Å². The van der Waals surface area contributed by atoms with Crippen LogP contribution in [0.3, 0.4) is 0 Å². The van der Waals surface area contributed by atoms with Gasteiger partial charge in [-0.3, -0.25) is 9.48 Å². The first-order chi connectivity index (χ1) is 12.8. The van der Waals surface area contributed by atoms with Crippen LogP contribution in [0, 0.1) is 0 Å². The second-order valence-corrected chi connectivity index (χ2v) is 8.28. The Morgan fingerprint density at radius 3 is 2.70 bits per heavy atom. The van der Waals surface area contributed by atoms with E-state index < -0.39 is 27.3 Å². The van der Waals surface area contributed by atoms with Crippen LogP contribution in [0.2, 0.25) is 0 Å². The van der Waals surface area contributed by atoms with Crippen molar-refractivity contribution in [2.45, 2.75) is 37.0 Å². The fraction of sp³-hybridized carbons (Fsp3) is 0.412. The van der Waals surface area contributed by atoms with E-state index in [0.717, 1.165) is 19.4 Å². The molecular formula is C17H19F2N3O4S. The summed E-state index contributed by atoms with van der Waals surface area (Å²) in [6.45, 7) is 1.37. The third-order valence-corrected chi connectivity index (χ3v) is 5.44. The highest BCUT2D eigenvalue weighted by molar-refractivity contribution is 7.90. The smallest absolute Gasteiger partial charge is 0.337 e. The van der Waals surface area contributed by atoms with Gasteiger partial charge >= 0.3 is 5.76 Å². The van der Waals surface area contributed by atoms with Crippen LogP contribution < -0.4 is 5.32 Å². The lowest BCUT2D eigenvalue weighted by atomic mass is 10.1. The summed E-state index contributed by atoms with van der Waals surface area (Å²) in [6, 6.07) is 5.47. The van der Waals surface area contributed by atoms with Gasteiger partial charge < -0.3 is 10.1 Å². The van der Waals surface area contributed by atoms with Gasteiger partial charge in [0.05, 0.1) is 30.3 Å². The number of carbonyl (C=O) groups excluding carboxylic acids is 1. The number of nitrogens with one attached hydrogen (secondary N) is 1. The summed E-state index contributed by atoms with van der Waals surface area (Å²) in [5, 5.41) is 6.87. The first-order valence-corrected chi connectivity index (χ1v) is 10.1. The zero-order valence-electron chi connectivity index (χ0n) is 14.3. The Balaban J connectivity index is 1.58. The van der Waals surface area contributed by atoms with Gasteiger partial charge in [-0.1, -0.05) is 12.1 Å². The predicted octanol–water partition coefficient (Wildman–Crippen LogP) is 2.45. The highest BCUT2D eigenvalue weighted by atomic mass is 32.2. The second-order valence-electron chi connectivity index (χ2n) is 6.30. The molecule has 0 aliphatic carbocycles. The van der Waals surface area contributed by atoms with Crippen LogP contribution in [-0.4, -0.2) is 42.6 Å². The van der Waals surface area contributed by atoms with Crippen LogP contribution in [-0.2, 0) is 26.9 Å². The highest BCUT2D eigenvalue weighted by Gasteiger charge is 2.24. The maximum absolute atomic E-state index is 12.4. The van der Waals surface area contributed by atoms with E-state index in [1.807, 2.05) is 0 Å². The molecule has 2 aromatic rings. The Labute approximate surface area is 155 Å². The summed E-state index contributed by atoms with van der Waals surface area (Å²) >= 11 is 0. The molecule has 2 heterocycles. The number of aromatic nitrogens is 2. The fourth-order valence-electron chi connectivity index (χ4n) is 2.78. The highest BCUT2D eigenvalue weighted by Crippen LogP contribution is 2.17. The van der Waals surface area contributed by atoms with E-state index in [1.165, 1.54) is 30.5 Å². The van der Waals surface area contributed by atoms with Gasteiger partial charge in [-0.2, -0.15) is 13.9 Å². The average Bonchev–Trinajstić information content (AvgIpc) is 3.27. The normalized spacial score (nSPS) is 17.4. The zero-order valence-corrected chi connectivity index (χ0v) is 15.2. The van der Waals surface area contributed by atoms with Crippen LogP contribution in [0.1, 0.15) is 28.8 Å². The van der Waals surface area contributed by atoms with Gasteiger partial charge in [-0.15, -0.1) is 0 Å². The molecule has 1 amide bonds. The quantitative estimate of drug-likeness (QED) is 0.772. The van der Waals surface area contributed by atoms with Gasteiger partial charge in [-0.25, -0.2) is 8.42 Å². The number of hydrogen-bond acceptors (Lipinski definition) is 5. The van der Waals surface area contributed by atoms with Crippen molar-refractivity contribution in [3.63, 3.8) is 0 Å². The standard InChI is InChI=1S/C17H19F2N3O4S/c18-17(19)27(24,25)11-12-3-5-13(6-4-12)16(23)21-14-8-20-22(9-14)10-15-2-1-7-26-15/h3-6,8-9,15,17H,1-2,7,10-11H2,(H,21,23). The Morgan fingerprint density at radius 2 is 2.07 bits per heavy atom.